The predicted octanol–water partition coefficient (Wildman–Crippen LogP) is 7.97. The average molecular weight is 1030 g/mol. The average Bonchev–Trinajstić information content (AvgIpc) is 4.00. The molecule has 1 amide bonds. The Hall–Kier alpha value is -6.81. The fraction of sp³-hybridized carbons (Fsp3) is 0.396. The third-order valence-electron chi connectivity index (χ3n) is 11.7. The first-order chi connectivity index (χ1) is 36.0. The fourth-order valence-corrected chi connectivity index (χ4v) is 10.2. The zero-order valence-electron chi connectivity index (χ0n) is 42.1. The largest absolute Gasteiger partial charge is 0.497 e. The minimum absolute atomic E-state index is 0.0429. The number of nitrogens with one attached hydrogen (secondary N) is 2. The van der Waals surface area contributed by atoms with Crippen LogP contribution >= 0.6 is 8.53 Å². The van der Waals surface area contributed by atoms with Crippen LogP contribution in [0.3, 0.4) is 0 Å². The van der Waals surface area contributed by atoms with Crippen molar-refractivity contribution in [3.63, 3.8) is 0 Å². The Bertz CT molecular complexity index is 2790. The lowest BCUT2D eigenvalue weighted by Crippen LogP contribution is -2.43. The van der Waals surface area contributed by atoms with Gasteiger partial charge in [0.25, 0.3) is 20.0 Å². The van der Waals surface area contributed by atoms with Crippen LogP contribution in [0.5, 0.6) is 17.2 Å². The number of benzene rings is 4. The quantitative estimate of drug-likeness (QED) is 0.0205. The van der Waals surface area contributed by atoms with E-state index in [1.807, 2.05) is 119 Å². The van der Waals surface area contributed by atoms with E-state index in [-0.39, 0.29) is 82.1 Å². The minimum Gasteiger partial charge on any atom is -0.497 e. The van der Waals surface area contributed by atoms with E-state index < -0.39 is 50.1 Å². The highest BCUT2D eigenvalue weighted by Gasteiger charge is 2.52. The lowest BCUT2D eigenvalue weighted by Gasteiger charge is -2.39. The first kappa shape index (κ1) is 55.0. The molecule has 0 aliphatic carbocycles. The molecule has 1 fully saturated rings. The smallest absolute Gasteiger partial charge is 0.280 e. The van der Waals surface area contributed by atoms with E-state index in [9.17, 15) is 14.9 Å². The van der Waals surface area contributed by atoms with Gasteiger partial charge in [0.15, 0.2) is 24.0 Å². The van der Waals surface area contributed by atoms with Crippen LogP contribution in [0.2, 0.25) is 0 Å². The molecular weight excluding hydrogens is 972 g/mol. The molecule has 7 rings (SSSR count). The Balaban J connectivity index is 1.34. The molecule has 5 atom stereocenters. The molecule has 0 saturated carbocycles. The van der Waals surface area contributed by atoms with Crippen LogP contribution in [0, 0.1) is 22.7 Å². The molecule has 1 aliphatic heterocycles. The number of anilines is 1. The van der Waals surface area contributed by atoms with Gasteiger partial charge in [-0.05, 0) is 80.8 Å². The highest BCUT2D eigenvalue weighted by atomic mass is 31.2. The standard InChI is InChI=1S/C53H61N8O12P/c1-36(2)61(37(3)4)74(71-30-14-28-55)73-47-44(31-70-53(38-15-9-7-10-16-38,39-19-23-41(64-5)24-20-39)40-21-25-42(65-6)26-22-40)72-51(48(47)69-35-67-34-66-29-13-27-54)60-33-56-46-49(60)58-52(59-50(46)63)57-45(62)32-68-43-17-11-8-12-18-43/h7-12,15-26,33,36-37,44,47-48,51H,13-14,29-32,34-35H2,1-6H3,(H2,57,58,59,62,63). The number of hydrogen-bond acceptors (Lipinski definition) is 17. The maximum atomic E-state index is 13.7. The van der Waals surface area contributed by atoms with Crippen molar-refractivity contribution in [2.24, 2.45) is 0 Å². The Morgan fingerprint density at radius 2 is 1.42 bits per heavy atom. The van der Waals surface area contributed by atoms with E-state index in [0.717, 1.165) is 16.7 Å². The van der Waals surface area contributed by atoms with Gasteiger partial charge >= 0.3 is 0 Å². The lowest BCUT2D eigenvalue weighted by molar-refractivity contribution is -0.173. The molecule has 0 spiro atoms. The molecule has 1 saturated heterocycles. The topological polar surface area (TPSA) is 236 Å². The number of ether oxygens (including phenoxy) is 8. The number of para-hydroxylation sites is 1. The number of carbonyl (C=O) groups is 1. The second kappa shape index (κ2) is 26.9. The summed E-state index contributed by atoms with van der Waals surface area (Å²) in [4.78, 5) is 38.6. The second-order valence-electron chi connectivity index (χ2n) is 17.3. The number of methoxy groups -OCH3 is 2. The molecule has 1 aliphatic rings. The molecule has 0 bridgehead atoms. The van der Waals surface area contributed by atoms with E-state index >= 15 is 0 Å². The van der Waals surface area contributed by atoms with Gasteiger partial charge < -0.3 is 46.9 Å². The number of fused-ring (bicyclic) bond motifs is 1. The first-order valence-corrected chi connectivity index (χ1v) is 25.1. The number of rotatable bonds is 28. The van der Waals surface area contributed by atoms with Crippen LogP contribution in [0.25, 0.3) is 11.2 Å². The highest BCUT2D eigenvalue weighted by molar-refractivity contribution is 7.44. The van der Waals surface area contributed by atoms with Crippen LogP contribution in [0.15, 0.2) is 120 Å². The third kappa shape index (κ3) is 13.5. The molecule has 0 radical (unpaired) electrons. The van der Waals surface area contributed by atoms with Crippen molar-refractivity contribution in [1.29, 1.82) is 10.5 Å². The number of aromatic amines is 1. The van der Waals surface area contributed by atoms with Gasteiger partial charge in [0.1, 0.15) is 54.7 Å². The van der Waals surface area contributed by atoms with Gasteiger partial charge in [0.2, 0.25) is 5.95 Å². The zero-order chi connectivity index (χ0) is 52.5. The lowest BCUT2D eigenvalue weighted by atomic mass is 9.80. The summed E-state index contributed by atoms with van der Waals surface area (Å²) in [5.74, 6) is 1.02. The Morgan fingerprint density at radius 3 is 2.03 bits per heavy atom. The van der Waals surface area contributed by atoms with E-state index in [1.165, 1.54) is 10.9 Å². The van der Waals surface area contributed by atoms with Gasteiger partial charge in [0, 0.05) is 12.1 Å². The van der Waals surface area contributed by atoms with Crippen molar-refractivity contribution in [1.82, 2.24) is 24.2 Å². The van der Waals surface area contributed by atoms with Crippen molar-refractivity contribution in [2.75, 3.05) is 59.5 Å². The van der Waals surface area contributed by atoms with E-state index in [0.29, 0.717) is 17.2 Å². The first-order valence-electron chi connectivity index (χ1n) is 24.0. The molecule has 20 nitrogen and oxygen atoms in total. The molecule has 2 aromatic heterocycles. The summed E-state index contributed by atoms with van der Waals surface area (Å²) >= 11 is 0. The van der Waals surface area contributed by atoms with Crippen LogP contribution < -0.4 is 25.1 Å². The second-order valence-corrected chi connectivity index (χ2v) is 18.7. The molecular formula is C53H61N8O12P. The normalized spacial score (nSPS) is 17.1. The number of aromatic nitrogens is 4. The summed E-state index contributed by atoms with van der Waals surface area (Å²) in [7, 11) is 1.25. The Morgan fingerprint density at radius 1 is 0.811 bits per heavy atom. The molecule has 5 unspecified atom stereocenters. The molecule has 3 heterocycles. The van der Waals surface area contributed by atoms with Crippen LogP contribution in [-0.2, 0) is 43.1 Å². The number of hydrogen-bond donors (Lipinski definition) is 2. The zero-order valence-corrected chi connectivity index (χ0v) is 43.0. The van der Waals surface area contributed by atoms with Crippen molar-refractivity contribution >= 4 is 31.5 Å². The number of imidazole rings is 1. The van der Waals surface area contributed by atoms with Gasteiger partial charge in [-0.1, -0.05) is 72.8 Å². The summed E-state index contributed by atoms with van der Waals surface area (Å²) in [6.07, 6.45) is -2.61. The molecule has 21 heteroatoms. The van der Waals surface area contributed by atoms with Gasteiger partial charge in [-0.2, -0.15) is 15.5 Å². The molecule has 74 heavy (non-hydrogen) atoms. The number of amides is 1. The van der Waals surface area contributed by atoms with Crippen molar-refractivity contribution < 1.29 is 51.7 Å². The summed E-state index contributed by atoms with van der Waals surface area (Å²) in [5, 5.41) is 21.3. The van der Waals surface area contributed by atoms with Crippen molar-refractivity contribution in [3.05, 3.63) is 143 Å². The Kier molecular flexibility index (Phi) is 20.0. The van der Waals surface area contributed by atoms with E-state index in [4.69, 9.17) is 52.2 Å². The number of nitriles is 2. The highest BCUT2D eigenvalue weighted by Crippen LogP contribution is 2.51. The summed E-state index contributed by atoms with van der Waals surface area (Å²) < 4.78 is 66.6. The monoisotopic (exact) mass is 1030 g/mol. The SMILES string of the molecule is COc1ccc(C(OCC2OC(n3cnc4c(=O)[nH]c(NC(=O)COc5ccccc5)nc43)C(OCOCOCCC#N)C2OP(OCCC#N)N(C(C)C)C(C)C)(c2ccccc2)c2ccc(OC)cc2)cc1. The molecule has 390 valence electrons. The van der Waals surface area contributed by atoms with Gasteiger partial charge in [-0.15, -0.1) is 0 Å². The number of nitrogens with zero attached hydrogens (tertiary/aromatic N) is 6. The molecule has 6 aromatic rings. The van der Waals surface area contributed by atoms with Crippen LogP contribution in [-0.4, -0.2) is 115 Å². The summed E-state index contributed by atoms with van der Waals surface area (Å²) in [6, 6.07) is 37.9. The predicted molar refractivity (Wildman–Crippen MR) is 273 cm³/mol. The number of carbonyl (C=O) groups excluding carboxylic acids is 1. The van der Waals surface area contributed by atoms with Gasteiger partial charge in [-0.25, -0.2) is 9.65 Å². The Labute approximate surface area is 430 Å². The number of H-pyrrole nitrogens is 1. The van der Waals surface area contributed by atoms with Gasteiger partial charge in [0.05, 0.1) is 65.3 Å². The van der Waals surface area contributed by atoms with E-state index in [2.05, 4.69) is 31.0 Å². The molecule has 4 aromatic carbocycles. The minimum atomic E-state index is -1.95. The fourth-order valence-electron chi connectivity index (χ4n) is 8.45. The maximum Gasteiger partial charge on any atom is 0.280 e. The van der Waals surface area contributed by atoms with Crippen LogP contribution in [0.1, 0.15) is 63.5 Å². The summed E-state index contributed by atoms with van der Waals surface area (Å²) in [6.45, 7) is 7.26. The van der Waals surface area contributed by atoms with Crippen LogP contribution in [0.4, 0.5) is 5.95 Å². The van der Waals surface area contributed by atoms with Crippen molar-refractivity contribution in [2.45, 2.75) is 82.8 Å². The maximum absolute atomic E-state index is 13.7. The molecule has 2 N–H and O–H groups in total. The van der Waals surface area contributed by atoms with Crippen molar-refractivity contribution in [3.8, 4) is 29.4 Å². The van der Waals surface area contributed by atoms with Gasteiger partial charge in [-0.3, -0.25) is 24.5 Å². The van der Waals surface area contributed by atoms with E-state index in [1.54, 1.807) is 38.5 Å². The summed E-state index contributed by atoms with van der Waals surface area (Å²) in [5.41, 5.74) is 0.372. The third-order valence-corrected chi connectivity index (χ3v) is 13.9.